The van der Waals surface area contributed by atoms with E-state index in [1.807, 2.05) is 0 Å². The molecular weight excluding hydrogens is 88.1 g/mol. The lowest BCUT2D eigenvalue weighted by atomic mass is 10.4. The normalized spacial score (nSPS) is 24.9. The Morgan fingerprint density at radius 2 is 2.29 bits per heavy atom. The van der Waals surface area contributed by atoms with Gasteiger partial charge in [0.25, 0.3) is 0 Å². The van der Waals surface area contributed by atoms with E-state index in [9.17, 15) is 0 Å². The molecule has 0 unspecified atom stereocenters. The standard InChI is InChI=1S/C6H11O/c1-3-7-6(2)4-5-6/h1,3-5H2,2H3. The van der Waals surface area contributed by atoms with Gasteiger partial charge in [0.2, 0.25) is 0 Å². The molecule has 0 aliphatic heterocycles. The maximum Gasteiger partial charge on any atom is 0.0656 e. The summed E-state index contributed by atoms with van der Waals surface area (Å²) in [5.74, 6) is 0. The molecule has 0 aromatic rings. The molecule has 1 heteroatoms. The smallest absolute Gasteiger partial charge is 0.0656 e. The van der Waals surface area contributed by atoms with Crippen molar-refractivity contribution >= 4 is 0 Å². The molecule has 1 rings (SSSR count). The summed E-state index contributed by atoms with van der Waals surface area (Å²) in [6.45, 7) is 6.33. The zero-order chi connectivity index (χ0) is 5.33. The van der Waals surface area contributed by atoms with Crippen LogP contribution in [0.1, 0.15) is 19.8 Å². The molecule has 41 valence electrons. The van der Waals surface area contributed by atoms with Crippen LogP contribution in [-0.4, -0.2) is 12.2 Å². The molecule has 0 atom stereocenters. The molecule has 0 aromatic heterocycles. The Morgan fingerprint density at radius 3 is 2.43 bits per heavy atom. The first-order valence-electron chi connectivity index (χ1n) is 2.70. The molecule has 1 nitrogen and oxygen atoms in total. The van der Waals surface area contributed by atoms with Crippen LogP contribution in [0.25, 0.3) is 0 Å². The highest BCUT2D eigenvalue weighted by Gasteiger charge is 2.37. The van der Waals surface area contributed by atoms with E-state index in [0.717, 1.165) is 0 Å². The van der Waals surface area contributed by atoms with E-state index < -0.39 is 0 Å². The quantitative estimate of drug-likeness (QED) is 0.508. The molecule has 1 aliphatic rings. The summed E-state index contributed by atoms with van der Waals surface area (Å²) in [6.07, 6.45) is 2.45. The Hall–Kier alpha value is -0.0400. The molecule has 1 aliphatic carbocycles. The van der Waals surface area contributed by atoms with E-state index in [0.29, 0.717) is 6.61 Å². The van der Waals surface area contributed by atoms with Crippen molar-refractivity contribution in [3.05, 3.63) is 6.92 Å². The third-order valence-corrected chi connectivity index (χ3v) is 1.40. The van der Waals surface area contributed by atoms with Crippen LogP contribution in [-0.2, 0) is 4.74 Å². The van der Waals surface area contributed by atoms with E-state index >= 15 is 0 Å². The SMILES string of the molecule is [CH2]COC1(C)CC1. The van der Waals surface area contributed by atoms with Gasteiger partial charge in [-0.25, -0.2) is 0 Å². The van der Waals surface area contributed by atoms with E-state index in [1.54, 1.807) is 0 Å². The average molecular weight is 99.2 g/mol. The number of hydrogen-bond acceptors (Lipinski definition) is 1. The second-order valence-electron chi connectivity index (χ2n) is 2.30. The van der Waals surface area contributed by atoms with Gasteiger partial charge in [-0.3, -0.25) is 0 Å². The van der Waals surface area contributed by atoms with Crippen molar-refractivity contribution < 1.29 is 4.74 Å². The van der Waals surface area contributed by atoms with Gasteiger partial charge in [-0.05, 0) is 26.7 Å². The lowest BCUT2D eigenvalue weighted by Crippen LogP contribution is -2.06. The molecule has 0 bridgehead atoms. The van der Waals surface area contributed by atoms with Gasteiger partial charge in [0.15, 0.2) is 0 Å². The first-order valence-corrected chi connectivity index (χ1v) is 2.70. The molecular formula is C6H11O. The fourth-order valence-corrected chi connectivity index (χ4v) is 0.567. The largest absolute Gasteiger partial charge is 0.375 e. The van der Waals surface area contributed by atoms with Gasteiger partial charge in [-0.1, -0.05) is 0 Å². The zero-order valence-corrected chi connectivity index (χ0v) is 4.74. The molecule has 7 heavy (non-hydrogen) atoms. The van der Waals surface area contributed by atoms with Crippen molar-refractivity contribution in [2.24, 2.45) is 0 Å². The van der Waals surface area contributed by atoms with Crippen LogP contribution in [0.3, 0.4) is 0 Å². The first-order chi connectivity index (χ1) is 3.27. The lowest BCUT2D eigenvalue weighted by Gasteiger charge is -2.05. The third kappa shape index (κ3) is 1.16. The minimum atomic E-state index is 0.238. The molecule has 1 radical (unpaired) electrons. The van der Waals surface area contributed by atoms with Crippen molar-refractivity contribution in [1.82, 2.24) is 0 Å². The van der Waals surface area contributed by atoms with E-state index in [1.165, 1.54) is 12.8 Å². The summed E-state index contributed by atoms with van der Waals surface area (Å²) in [5.41, 5.74) is 0.238. The summed E-state index contributed by atoms with van der Waals surface area (Å²) in [5, 5.41) is 0. The van der Waals surface area contributed by atoms with Crippen molar-refractivity contribution in [2.75, 3.05) is 6.61 Å². The summed E-state index contributed by atoms with van der Waals surface area (Å²) < 4.78 is 5.23. The van der Waals surface area contributed by atoms with E-state index in [-0.39, 0.29) is 5.60 Å². The minimum Gasteiger partial charge on any atom is -0.375 e. The van der Waals surface area contributed by atoms with Gasteiger partial charge in [-0.2, -0.15) is 0 Å². The fraction of sp³-hybridized carbons (Fsp3) is 0.833. The average Bonchev–Trinajstić information content (AvgIpc) is 2.22. The molecule has 0 amide bonds. The molecule has 0 saturated heterocycles. The third-order valence-electron chi connectivity index (χ3n) is 1.40. The van der Waals surface area contributed by atoms with Crippen molar-refractivity contribution in [3.63, 3.8) is 0 Å². The second kappa shape index (κ2) is 1.48. The number of rotatable bonds is 2. The van der Waals surface area contributed by atoms with Crippen LogP contribution < -0.4 is 0 Å². The van der Waals surface area contributed by atoms with Crippen LogP contribution in [0.5, 0.6) is 0 Å². The Labute approximate surface area is 44.7 Å². The minimum absolute atomic E-state index is 0.238. The molecule has 1 saturated carbocycles. The summed E-state index contributed by atoms with van der Waals surface area (Å²) >= 11 is 0. The maximum absolute atomic E-state index is 5.23. The van der Waals surface area contributed by atoms with Crippen LogP contribution in [0.4, 0.5) is 0 Å². The fourth-order valence-electron chi connectivity index (χ4n) is 0.567. The van der Waals surface area contributed by atoms with Gasteiger partial charge < -0.3 is 4.74 Å². The summed E-state index contributed by atoms with van der Waals surface area (Å²) in [7, 11) is 0. The Balaban J connectivity index is 2.13. The number of hydrogen-bond donors (Lipinski definition) is 0. The van der Waals surface area contributed by atoms with Crippen LogP contribution in [0.2, 0.25) is 0 Å². The molecule has 0 heterocycles. The van der Waals surface area contributed by atoms with Crippen LogP contribution >= 0.6 is 0 Å². The van der Waals surface area contributed by atoms with Crippen molar-refractivity contribution in [3.8, 4) is 0 Å². The summed E-state index contributed by atoms with van der Waals surface area (Å²) in [4.78, 5) is 0. The van der Waals surface area contributed by atoms with Gasteiger partial charge in [-0.15, -0.1) is 0 Å². The highest BCUT2D eigenvalue weighted by molar-refractivity contribution is 4.90. The Kier molecular flexibility index (Phi) is 1.08. The van der Waals surface area contributed by atoms with E-state index in [4.69, 9.17) is 4.74 Å². The van der Waals surface area contributed by atoms with Gasteiger partial charge >= 0.3 is 0 Å². The van der Waals surface area contributed by atoms with Gasteiger partial charge in [0.1, 0.15) is 0 Å². The Bertz CT molecular complexity index is 64.6. The molecule has 1 fully saturated rings. The van der Waals surface area contributed by atoms with Gasteiger partial charge in [0.05, 0.1) is 5.60 Å². The second-order valence-corrected chi connectivity index (χ2v) is 2.30. The van der Waals surface area contributed by atoms with Crippen LogP contribution in [0.15, 0.2) is 0 Å². The molecule has 0 aromatic carbocycles. The van der Waals surface area contributed by atoms with Gasteiger partial charge in [0, 0.05) is 6.61 Å². The highest BCUT2D eigenvalue weighted by atomic mass is 16.5. The topological polar surface area (TPSA) is 9.23 Å². The monoisotopic (exact) mass is 99.1 g/mol. The highest BCUT2D eigenvalue weighted by Crippen LogP contribution is 2.38. The Morgan fingerprint density at radius 1 is 1.71 bits per heavy atom. The van der Waals surface area contributed by atoms with Crippen molar-refractivity contribution in [2.45, 2.75) is 25.4 Å². The maximum atomic E-state index is 5.23. The lowest BCUT2D eigenvalue weighted by molar-refractivity contribution is 0.0668. The predicted molar refractivity (Wildman–Crippen MR) is 28.9 cm³/mol. The molecule has 0 spiro atoms. The van der Waals surface area contributed by atoms with Crippen LogP contribution in [0, 0.1) is 6.92 Å². The molecule has 0 N–H and O–H groups in total. The summed E-state index contributed by atoms with van der Waals surface area (Å²) in [6, 6.07) is 0. The first kappa shape index (κ1) is 5.10. The predicted octanol–water partition coefficient (Wildman–Crippen LogP) is 1.39. The van der Waals surface area contributed by atoms with Crippen molar-refractivity contribution in [1.29, 1.82) is 0 Å². The van der Waals surface area contributed by atoms with E-state index in [2.05, 4.69) is 13.8 Å². The zero-order valence-electron chi connectivity index (χ0n) is 4.74. The number of ether oxygens (including phenoxy) is 1.